The molecular formula is C24H32N2O6. The Morgan fingerprint density at radius 1 is 1.12 bits per heavy atom. The van der Waals surface area contributed by atoms with Gasteiger partial charge < -0.3 is 28.4 Å². The number of benzene rings is 1. The van der Waals surface area contributed by atoms with Crippen LogP contribution in [-0.4, -0.2) is 75.2 Å². The maximum atomic E-state index is 12.9. The molecule has 0 radical (unpaired) electrons. The largest absolute Gasteiger partial charge is 0.493 e. The van der Waals surface area contributed by atoms with Crippen LogP contribution < -0.4 is 9.47 Å². The van der Waals surface area contributed by atoms with Gasteiger partial charge in [-0.1, -0.05) is 6.07 Å². The van der Waals surface area contributed by atoms with Crippen LogP contribution in [0.15, 0.2) is 41.2 Å². The quantitative estimate of drug-likeness (QED) is 0.530. The van der Waals surface area contributed by atoms with Crippen molar-refractivity contribution in [1.29, 1.82) is 0 Å². The average molecular weight is 445 g/mol. The van der Waals surface area contributed by atoms with Crippen molar-refractivity contribution in [2.24, 2.45) is 0 Å². The average Bonchev–Trinajstić information content (AvgIpc) is 3.53. The molecule has 0 spiro atoms. The molecule has 8 nitrogen and oxygen atoms in total. The van der Waals surface area contributed by atoms with Crippen LogP contribution in [0.25, 0.3) is 0 Å². The lowest BCUT2D eigenvalue weighted by molar-refractivity contribution is -0.130. The van der Waals surface area contributed by atoms with E-state index in [0.29, 0.717) is 43.1 Å². The van der Waals surface area contributed by atoms with Crippen molar-refractivity contribution in [3.8, 4) is 11.5 Å². The summed E-state index contributed by atoms with van der Waals surface area (Å²) in [6.07, 6.45) is 5.79. The summed E-state index contributed by atoms with van der Waals surface area (Å²) < 4.78 is 21.4. The van der Waals surface area contributed by atoms with Crippen molar-refractivity contribution in [3.05, 3.63) is 47.9 Å². The van der Waals surface area contributed by atoms with E-state index in [1.54, 1.807) is 37.1 Å². The van der Waals surface area contributed by atoms with Gasteiger partial charge >= 0.3 is 0 Å². The molecule has 8 heteroatoms. The molecule has 2 heterocycles. The van der Waals surface area contributed by atoms with Crippen molar-refractivity contribution in [2.75, 3.05) is 47.5 Å². The molecule has 1 fully saturated rings. The molecule has 3 rings (SSSR count). The summed E-state index contributed by atoms with van der Waals surface area (Å²) >= 11 is 0. The molecular weight excluding hydrogens is 412 g/mol. The maximum absolute atomic E-state index is 12.9. The van der Waals surface area contributed by atoms with Gasteiger partial charge in [0.15, 0.2) is 11.5 Å². The normalized spacial score (nSPS) is 15.4. The van der Waals surface area contributed by atoms with Crippen LogP contribution >= 0.6 is 0 Å². The molecule has 1 aliphatic rings. The van der Waals surface area contributed by atoms with E-state index in [-0.39, 0.29) is 24.3 Å². The highest BCUT2D eigenvalue weighted by atomic mass is 16.5. The lowest BCUT2D eigenvalue weighted by Crippen LogP contribution is -2.40. The highest BCUT2D eigenvalue weighted by molar-refractivity contribution is 5.94. The number of carbonyl (C=O) groups excluding carboxylic acids is 2. The number of furan rings is 1. The van der Waals surface area contributed by atoms with E-state index in [0.717, 1.165) is 25.0 Å². The van der Waals surface area contributed by atoms with Gasteiger partial charge in [-0.05, 0) is 43.0 Å². The molecule has 0 saturated carbocycles. The van der Waals surface area contributed by atoms with Gasteiger partial charge in [0.2, 0.25) is 5.91 Å². The van der Waals surface area contributed by atoms with Crippen molar-refractivity contribution in [1.82, 2.24) is 9.80 Å². The molecule has 0 N–H and O–H groups in total. The van der Waals surface area contributed by atoms with Crippen molar-refractivity contribution in [2.45, 2.75) is 31.8 Å². The number of hydrogen-bond donors (Lipinski definition) is 0. The monoisotopic (exact) mass is 444 g/mol. The third kappa shape index (κ3) is 6.26. The summed E-state index contributed by atoms with van der Waals surface area (Å²) in [5.41, 5.74) is 1.54. The van der Waals surface area contributed by atoms with E-state index < -0.39 is 0 Å². The smallest absolute Gasteiger partial charge is 0.257 e. The first-order valence-electron chi connectivity index (χ1n) is 10.9. The van der Waals surface area contributed by atoms with Crippen LogP contribution in [0.1, 0.15) is 35.2 Å². The third-order valence-corrected chi connectivity index (χ3v) is 5.71. The summed E-state index contributed by atoms with van der Waals surface area (Å²) in [4.78, 5) is 29.0. The van der Waals surface area contributed by atoms with Crippen LogP contribution in [-0.2, 0) is 16.0 Å². The predicted molar refractivity (Wildman–Crippen MR) is 119 cm³/mol. The van der Waals surface area contributed by atoms with Gasteiger partial charge in [0.25, 0.3) is 5.91 Å². The van der Waals surface area contributed by atoms with Gasteiger partial charge in [0.1, 0.15) is 6.26 Å². The molecule has 32 heavy (non-hydrogen) atoms. The summed E-state index contributed by atoms with van der Waals surface area (Å²) in [6, 6.07) is 7.39. The fourth-order valence-corrected chi connectivity index (χ4v) is 3.76. The first kappa shape index (κ1) is 23.7. The summed E-state index contributed by atoms with van der Waals surface area (Å²) in [7, 11) is 4.99. The number of ether oxygens (including phenoxy) is 3. The SMILES string of the molecule is COc1ccc(CCN(C)C(=O)CCN(CC2CCCO2)C(=O)c2ccoc2)cc1OC. The minimum absolute atomic E-state index is 0.0113. The Balaban J connectivity index is 1.53. The Morgan fingerprint density at radius 2 is 1.94 bits per heavy atom. The van der Waals surface area contributed by atoms with Crippen molar-refractivity contribution >= 4 is 11.8 Å². The van der Waals surface area contributed by atoms with Crippen molar-refractivity contribution in [3.63, 3.8) is 0 Å². The molecule has 174 valence electrons. The first-order chi connectivity index (χ1) is 15.5. The van der Waals surface area contributed by atoms with Crippen LogP contribution in [0, 0.1) is 0 Å². The number of rotatable bonds is 11. The molecule has 1 aromatic heterocycles. The topological polar surface area (TPSA) is 81.5 Å². The highest BCUT2D eigenvalue weighted by Crippen LogP contribution is 2.27. The van der Waals surface area contributed by atoms with Gasteiger partial charge in [-0.2, -0.15) is 0 Å². The zero-order chi connectivity index (χ0) is 22.9. The number of nitrogens with zero attached hydrogens (tertiary/aromatic N) is 2. The lowest BCUT2D eigenvalue weighted by atomic mass is 10.1. The number of hydrogen-bond acceptors (Lipinski definition) is 6. The van der Waals surface area contributed by atoms with E-state index in [1.165, 1.54) is 12.5 Å². The lowest BCUT2D eigenvalue weighted by Gasteiger charge is -2.26. The molecule has 1 unspecified atom stereocenters. The van der Waals surface area contributed by atoms with E-state index in [9.17, 15) is 9.59 Å². The highest BCUT2D eigenvalue weighted by Gasteiger charge is 2.25. The van der Waals surface area contributed by atoms with Gasteiger partial charge in [-0.3, -0.25) is 9.59 Å². The number of amides is 2. The minimum atomic E-state index is -0.143. The fraction of sp³-hybridized carbons (Fsp3) is 0.500. The molecule has 0 aliphatic carbocycles. The molecule has 1 aromatic carbocycles. The van der Waals surface area contributed by atoms with Gasteiger partial charge in [0.05, 0.1) is 32.2 Å². The Hall–Kier alpha value is -3.00. The Morgan fingerprint density at radius 3 is 2.59 bits per heavy atom. The van der Waals surface area contributed by atoms with Gasteiger partial charge in [-0.25, -0.2) is 0 Å². The van der Waals surface area contributed by atoms with E-state index in [2.05, 4.69) is 0 Å². The molecule has 1 saturated heterocycles. The Labute approximate surface area is 189 Å². The third-order valence-electron chi connectivity index (χ3n) is 5.71. The van der Waals surface area contributed by atoms with E-state index in [1.807, 2.05) is 18.2 Å². The fourth-order valence-electron chi connectivity index (χ4n) is 3.76. The maximum Gasteiger partial charge on any atom is 0.257 e. The van der Waals surface area contributed by atoms with E-state index in [4.69, 9.17) is 18.6 Å². The number of methoxy groups -OCH3 is 2. The second-order valence-electron chi connectivity index (χ2n) is 7.90. The number of likely N-dealkylation sites (N-methyl/N-ethyl adjacent to an activating group) is 1. The second kappa shape index (κ2) is 11.6. The summed E-state index contributed by atoms with van der Waals surface area (Å²) in [5, 5.41) is 0. The summed E-state index contributed by atoms with van der Waals surface area (Å²) in [5.74, 6) is 1.19. The minimum Gasteiger partial charge on any atom is -0.493 e. The van der Waals surface area contributed by atoms with Crippen molar-refractivity contribution < 1.29 is 28.2 Å². The molecule has 2 aromatic rings. The number of carbonyl (C=O) groups is 2. The zero-order valence-electron chi connectivity index (χ0n) is 19.0. The standard InChI is InChI=1S/C24H32N2O6/c1-25(11-8-18-6-7-21(29-2)22(15-18)30-3)23(27)9-12-26(16-20-5-4-13-32-20)24(28)19-10-14-31-17-19/h6-7,10,14-15,17,20H,4-5,8-9,11-13,16H2,1-3H3. The Kier molecular flexibility index (Phi) is 8.56. The second-order valence-corrected chi connectivity index (χ2v) is 7.90. The van der Waals surface area contributed by atoms with Crippen LogP contribution in [0.5, 0.6) is 11.5 Å². The van der Waals surface area contributed by atoms with Gasteiger partial charge in [0, 0.05) is 39.7 Å². The first-order valence-corrected chi connectivity index (χ1v) is 10.9. The Bertz CT molecular complexity index is 877. The summed E-state index contributed by atoms with van der Waals surface area (Å²) in [6.45, 7) is 2.10. The molecule has 1 atom stereocenters. The van der Waals surface area contributed by atoms with E-state index >= 15 is 0 Å². The molecule has 2 amide bonds. The molecule has 1 aliphatic heterocycles. The van der Waals surface area contributed by atoms with Crippen LogP contribution in [0.4, 0.5) is 0 Å². The van der Waals surface area contributed by atoms with Gasteiger partial charge in [-0.15, -0.1) is 0 Å². The molecule has 0 bridgehead atoms. The zero-order valence-corrected chi connectivity index (χ0v) is 19.0. The van der Waals surface area contributed by atoms with Crippen LogP contribution in [0.2, 0.25) is 0 Å². The predicted octanol–water partition coefficient (Wildman–Crippen LogP) is 3.01. The van der Waals surface area contributed by atoms with Crippen LogP contribution in [0.3, 0.4) is 0 Å².